The van der Waals surface area contributed by atoms with Crippen LogP contribution in [0.3, 0.4) is 0 Å². The van der Waals surface area contributed by atoms with Gasteiger partial charge >= 0.3 is 0 Å². The molecule has 0 aliphatic carbocycles. The molecule has 1 amide bonds. The summed E-state index contributed by atoms with van der Waals surface area (Å²) in [6.07, 6.45) is 0.978. The molecule has 1 aliphatic rings. The minimum atomic E-state index is -3.52. The van der Waals surface area contributed by atoms with E-state index in [9.17, 15) is 13.2 Å². The topological polar surface area (TPSA) is 75.7 Å². The van der Waals surface area contributed by atoms with Crippen molar-refractivity contribution < 1.29 is 17.9 Å². The lowest BCUT2D eigenvalue weighted by Crippen LogP contribution is -2.48. The van der Waals surface area contributed by atoms with E-state index in [0.29, 0.717) is 17.1 Å². The molecule has 6 nitrogen and oxygen atoms in total. The predicted octanol–water partition coefficient (Wildman–Crippen LogP) is 2.41. The number of fused-ring (bicyclic) bond motifs is 1. The Morgan fingerprint density at radius 1 is 1.20 bits per heavy atom. The Bertz CT molecular complexity index is 895. The molecule has 0 aromatic heterocycles. The number of amides is 1. The third-order valence-electron chi connectivity index (χ3n) is 4.08. The van der Waals surface area contributed by atoms with E-state index in [-0.39, 0.29) is 12.5 Å². The van der Waals surface area contributed by atoms with Gasteiger partial charge in [-0.3, -0.25) is 9.10 Å². The highest BCUT2D eigenvalue weighted by molar-refractivity contribution is 7.92. The highest BCUT2D eigenvalue weighted by Gasteiger charge is 2.34. The molecule has 1 N–H and O–H groups in total. The smallest absolute Gasteiger partial charge is 0.267 e. The van der Waals surface area contributed by atoms with E-state index in [1.165, 1.54) is 4.31 Å². The summed E-state index contributed by atoms with van der Waals surface area (Å²) >= 11 is 0. The fourth-order valence-electron chi connectivity index (χ4n) is 2.82. The third-order valence-corrected chi connectivity index (χ3v) is 5.23. The Morgan fingerprint density at radius 3 is 2.60 bits per heavy atom. The van der Waals surface area contributed by atoms with Crippen molar-refractivity contribution in [1.29, 1.82) is 0 Å². The number of carbonyl (C=O) groups excluding carboxylic acids is 1. The Kier molecular flexibility index (Phi) is 4.67. The largest absolute Gasteiger partial charge is 0.476 e. The van der Waals surface area contributed by atoms with E-state index in [2.05, 4.69) is 5.32 Å². The van der Waals surface area contributed by atoms with Crippen molar-refractivity contribution in [2.75, 3.05) is 22.4 Å². The lowest BCUT2D eigenvalue weighted by molar-refractivity contribution is -0.122. The number of anilines is 2. The maximum absolute atomic E-state index is 12.7. The van der Waals surface area contributed by atoms with Crippen LogP contribution in [0.2, 0.25) is 0 Å². The number of nitrogens with zero attached hydrogens (tertiary/aromatic N) is 1. The molecule has 0 spiro atoms. The number of nitrogens with one attached hydrogen (secondary N) is 1. The van der Waals surface area contributed by atoms with Crippen LogP contribution in [0.15, 0.2) is 48.5 Å². The standard InChI is InChI=1S/C18H20N2O4S/c1-3-13-8-4-5-9-14(13)19-18(21)17-12-20(25(2,22)23)15-10-6-7-11-16(15)24-17/h4-11,17H,3,12H2,1-2H3,(H,19,21)/t17-/m1/s1. The Balaban J connectivity index is 1.87. The van der Waals surface area contributed by atoms with Crippen LogP contribution in [-0.2, 0) is 21.2 Å². The lowest BCUT2D eigenvalue weighted by atomic mass is 10.1. The molecule has 132 valence electrons. The monoisotopic (exact) mass is 360 g/mol. The molecule has 0 saturated carbocycles. The first-order valence-corrected chi connectivity index (χ1v) is 9.87. The Morgan fingerprint density at radius 2 is 1.88 bits per heavy atom. The number of para-hydroxylation sites is 3. The number of carbonyl (C=O) groups is 1. The number of hydrogen-bond acceptors (Lipinski definition) is 4. The molecule has 1 aliphatic heterocycles. The van der Waals surface area contributed by atoms with Gasteiger partial charge in [-0.2, -0.15) is 0 Å². The molecule has 0 radical (unpaired) electrons. The van der Waals surface area contributed by atoms with Crippen molar-refractivity contribution in [2.45, 2.75) is 19.4 Å². The summed E-state index contributed by atoms with van der Waals surface area (Å²) in [6, 6.07) is 14.3. The van der Waals surface area contributed by atoms with Gasteiger partial charge in [-0.05, 0) is 30.2 Å². The van der Waals surface area contributed by atoms with Crippen molar-refractivity contribution in [3.8, 4) is 5.75 Å². The molecule has 1 heterocycles. The van der Waals surface area contributed by atoms with E-state index >= 15 is 0 Å². The highest BCUT2D eigenvalue weighted by atomic mass is 32.2. The van der Waals surface area contributed by atoms with Crippen molar-refractivity contribution in [2.24, 2.45) is 0 Å². The highest BCUT2D eigenvalue weighted by Crippen LogP contribution is 2.34. The van der Waals surface area contributed by atoms with Gasteiger partial charge in [-0.15, -0.1) is 0 Å². The summed E-state index contributed by atoms with van der Waals surface area (Å²) < 4.78 is 31.2. The quantitative estimate of drug-likeness (QED) is 0.908. The molecular weight excluding hydrogens is 340 g/mol. The van der Waals surface area contributed by atoms with Crippen molar-refractivity contribution in [3.63, 3.8) is 0 Å². The van der Waals surface area contributed by atoms with E-state index in [4.69, 9.17) is 4.74 Å². The van der Waals surface area contributed by atoms with Gasteiger partial charge in [0.25, 0.3) is 5.91 Å². The summed E-state index contributed by atoms with van der Waals surface area (Å²) in [5, 5.41) is 2.85. The number of sulfonamides is 1. The molecule has 2 aromatic rings. The predicted molar refractivity (Wildman–Crippen MR) is 97.5 cm³/mol. The van der Waals surface area contributed by atoms with Crippen LogP contribution in [0.5, 0.6) is 5.75 Å². The first kappa shape index (κ1) is 17.3. The van der Waals surface area contributed by atoms with Crippen molar-refractivity contribution in [3.05, 3.63) is 54.1 Å². The van der Waals surface area contributed by atoms with E-state index in [1.807, 2.05) is 31.2 Å². The first-order chi connectivity index (χ1) is 11.9. The number of ether oxygens (including phenoxy) is 1. The summed E-state index contributed by atoms with van der Waals surface area (Å²) in [6.45, 7) is 1.94. The summed E-state index contributed by atoms with van der Waals surface area (Å²) in [7, 11) is -3.52. The molecule has 0 bridgehead atoms. The Labute approximate surface area is 147 Å². The van der Waals surface area contributed by atoms with Gasteiger partial charge in [0, 0.05) is 5.69 Å². The molecule has 7 heteroatoms. The minimum Gasteiger partial charge on any atom is -0.476 e. The minimum absolute atomic E-state index is 0.0596. The molecule has 1 atom stereocenters. The van der Waals surface area contributed by atoms with Crippen LogP contribution in [0.1, 0.15) is 12.5 Å². The number of rotatable bonds is 4. The maximum atomic E-state index is 12.7. The maximum Gasteiger partial charge on any atom is 0.267 e. The molecule has 25 heavy (non-hydrogen) atoms. The number of aryl methyl sites for hydroxylation is 1. The summed E-state index contributed by atoms with van der Waals surface area (Å²) in [5.41, 5.74) is 2.17. The van der Waals surface area contributed by atoms with Gasteiger partial charge in [0.15, 0.2) is 6.10 Å². The van der Waals surface area contributed by atoms with E-state index in [1.54, 1.807) is 24.3 Å². The Hall–Kier alpha value is -2.54. The van der Waals surface area contributed by atoms with Gasteiger partial charge in [0.05, 0.1) is 18.5 Å². The van der Waals surface area contributed by atoms with Crippen molar-refractivity contribution in [1.82, 2.24) is 0 Å². The molecule has 0 unspecified atom stereocenters. The second-order valence-electron chi connectivity index (χ2n) is 5.87. The fourth-order valence-corrected chi connectivity index (χ4v) is 3.73. The average Bonchev–Trinajstić information content (AvgIpc) is 2.60. The molecule has 3 rings (SSSR count). The average molecular weight is 360 g/mol. The van der Waals surface area contributed by atoms with Crippen LogP contribution in [-0.4, -0.2) is 33.2 Å². The van der Waals surface area contributed by atoms with Crippen LogP contribution in [0, 0.1) is 0 Å². The van der Waals surface area contributed by atoms with E-state index in [0.717, 1.165) is 18.2 Å². The van der Waals surface area contributed by atoms with Gasteiger partial charge in [0.1, 0.15) is 5.75 Å². The zero-order chi connectivity index (χ0) is 18.0. The van der Waals surface area contributed by atoms with Gasteiger partial charge in [0.2, 0.25) is 10.0 Å². The number of benzene rings is 2. The van der Waals surface area contributed by atoms with Crippen molar-refractivity contribution >= 4 is 27.3 Å². The number of hydrogen-bond donors (Lipinski definition) is 1. The molecule has 2 aromatic carbocycles. The zero-order valence-electron chi connectivity index (χ0n) is 14.1. The van der Waals surface area contributed by atoms with Gasteiger partial charge in [-0.1, -0.05) is 37.3 Å². The summed E-state index contributed by atoms with van der Waals surface area (Å²) in [4.78, 5) is 12.7. The van der Waals surface area contributed by atoms with E-state index < -0.39 is 16.1 Å². The van der Waals surface area contributed by atoms with Gasteiger partial charge < -0.3 is 10.1 Å². The second kappa shape index (κ2) is 6.76. The molecule has 0 fully saturated rings. The van der Waals surface area contributed by atoms with Crippen LogP contribution in [0.25, 0.3) is 0 Å². The van der Waals surface area contributed by atoms with Crippen LogP contribution >= 0.6 is 0 Å². The SMILES string of the molecule is CCc1ccccc1NC(=O)[C@H]1CN(S(C)(=O)=O)c2ccccc2O1. The van der Waals surface area contributed by atoms with Gasteiger partial charge in [-0.25, -0.2) is 8.42 Å². The normalized spacial score (nSPS) is 16.7. The fraction of sp³-hybridized carbons (Fsp3) is 0.278. The molecule has 0 saturated heterocycles. The lowest BCUT2D eigenvalue weighted by Gasteiger charge is -2.33. The first-order valence-electron chi connectivity index (χ1n) is 8.02. The second-order valence-corrected chi connectivity index (χ2v) is 7.78. The third kappa shape index (κ3) is 3.61. The molecular formula is C18H20N2O4S. The zero-order valence-corrected chi connectivity index (χ0v) is 14.9. The van der Waals surface area contributed by atoms with Crippen LogP contribution < -0.4 is 14.4 Å². The van der Waals surface area contributed by atoms with Crippen LogP contribution in [0.4, 0.5) is 11.4 Å². The summed E-state index contributed by atoms with van der Waals surface area (Å²) in [5.74, 6) is 0.00662.